The predicted molar refractivity (Wildman–Crippen MR) is 116 cm³/mol. The molecular weight excluding hydrogens is 362 g/mol. The van der Waals surface area contributed by atoms with Crippen LogP contribution in [0.25, 0.3) is 10.8 Å². The fraction of sp³-hybridized carbons (Fsp3) is 0.348. The molecule has 3 aromatic rings. The van der Waals surface area contributed by atoms with E-state index in [2.05, 4.69) is 56.4 Å². The van der Waals surface area contributed by atoms with Gasteiger partial charge in [0.15, 0.2) is 0 Å². The highest BCUT2D eigenvalue weighted by molar-refractivity contribution is 5.94. The molecule has 1 saturated heterocycles. The molecule has 1 aromatic heterocycles. The molecule has 0 unspecified atom stereocenters. The van der Waals surface area contributed by atoms with Crippen molar-refractivity contribution < 1.29 is 4.79 Å². The summed E-state index contributed by atoms with van der Waals surface area (Å²) in [4.78, 5) is 26.5. The van der Waals surface area contributed by atoms with Gasteiger partial charge in [-0.25, -0.2) is 9.97 Å². The lowest BCUT2D eigenvalue weighted by atomic mass is 9.99. The fourth-order valence-corrected chi connectivity index (χ4v) is 3.79. The monoisotopic (exact) mass is 389 g/mol. The van der Waals surface area contributed by atoms with Gasteiger partial charge >= 0.3 is 0 Å². The molecule has 1 aliphatic heterocycles. The molecule has 1 N–H and O–H groups in total. The Labute approximate surface area is 171 Å². The van der Waals surface area contributed by atoms with Crippen molar-refractivity contribution >= 4 is 22.6 Å². The number of nitrogens with zero attached hydrogens (tertiary/aromatic N) is 4. The van der Waals surface area contributed by atoms with E-state index in [1.807, 2.05) is 32.0 Å². The number of likely N-dealkylation sites (N-methyl/N-ethyl adjacent to an activating group) is 1. The van der Waals surface area contributed by atoms with E-state index < -0.39 is 0 Å². The smallest absolute Gasteiger partial charge is 0.270 e. The Balaban J connectivity index is 1.55. The highest BCUT2D eigenvalue weighted by atomic mass is 16.2. The van der Waals surface area contributed by atoms with Crippen molar-refractivity contribution in [3.63, 3.8) is 0 Å². The van der Waals surface area contributed by atoms with E-state index in [-0.39, 0.29) is 11.9 Å². The van der Waals surface area contributed by atoms with E-state index in [0.717, 1.165) is 42.7 Å². The van der Waals surface area contributed by atoms with Gasteiger partial charge in [-0.05, 0) is 42.8 Å². The van der Waals surface area contributed by atoms with Crippen molar-refractivity contribution in [3.8, 4) is 0 Å². The number of rotatable bonds is 4. The number of benzene rings is 2. The van der Waals surface area contributed by atoms with Crippen LogP contribution in [0.2, 0.25) is 0 Å². The molecule has 1 fully saturated rings. The zero-order valence-corrected chi connectivity index (χ0v) is 17.2. The lowest BCUT2D eigenvalue weighted by molar-refractivity contribution is 0.0934. The summed E-state index contributed by atoms with van der Waals surface area (Å²) in [6.07, 6.45) is 1.75. The summed E-state index contributed by atoms with van der Waals surface area (Å²) >= 11 is 0. The second-order valence-corrected chi connectivity index (χ2v) is 7.76. The van der Waals surface area contributed by atoms with Gasteiger partial charge in [0.25, 0.3) is 5.91 Å². The first kappa shape index (κ1) is 19.3. The highest BCUT2D eigenvalue weighted by Gasteiger charge is 2.21. The Morgan fingerprint density at radius 2 is 1.79 bits per heavy atom. The molecule has 2 aromatic carbocycles. The molecule has 1 aliphatic rings. The van der Waals surface area contributed by atoms with Crippen LogP contribution in [0.5, 0.6) is 0 Å². The van der Waals surface area contributed by atoms with Crippen LogP contribution in [-0.2, 0) is 0 Å². The maximum absolute atomic E-state index is 13.0. The van der Waals surface area contributed by atoms with Gasteiger partial charge in [-0.15, -0.1) is 0 Å². The summed E-state index contributed by atoms with van der Waals surface area (Å²) in [5.74, 6) is 0.465. The van der Waals surface area contributed by atoms with Crippen LogP contribution in [0.3, 0.4) is 0 Å². The van der Waals surface area contributed by atoms with Gasteiger partial charge in [-0.2, -0.15) is 0 Å². The number of amides is 1. The minimum Gasteiger partial charge on any atom is -0.344 e. The molecule has 0 radical (unpaired) electrons. The number of hydrogen-bond acceptors (Lipinski definition) is 5. The number of hydrogen-bond donors (Lipinski definition) is 1. The van der Waals surface area contributed by atoms with Crippen molar-refractivity contribution in [2.45, 2.75) is 19.9 Å². The summed E-state index contributed by atoms with van der Waals surface area (Å²) in [7, 11) is 2.11. The van der Waals surface area contributed by atoms with Crippen LogP contribution in [0.15, 0.2) is 48.7 Å². The van der Waals surface area contributed by atoms with Gasteiger partial charge in [0.05, 0.1) is 6.04 Å². The minimum atomic E-state index is -0.166. The van der Waals surface area contributed by atoms with Crippen LogP contribution in [-0.4, -0.2) is 54.0 Å². The average molecular weight is 390 g/mol. The Hall–Kier alpha value is -2.99. The van der Waals surface area contributed by atoms with Gasteiger partial charge < -0.3 is 15.1 Å². The molecule has 150 valence electrons. The third-order valence-electron chi connectivity index (χ3n) is 5.60. The molecule has 1 atom stereocenters. The third kappa shape index (κ3) is 4.07. The number of nitrogens with one attached hydrogen (secondary N) is 1. The molecule has 6 nitrogen and oxygen atoms in total. The summed E-state index contributed by atoms with van der Waals surface area (Å²) in [5, 5.41) is 5.45. The maximum Gasteiger partial charge on any atom is 0.270 e. The molecule has 1 amide bonds. The fourth-order valence-electron chi connectivity index (χ4n) is 3.79. The number of fused-ring (bicyclic) bond motifs is 1. The lowest BCUT2D eigenvalue weighted by Crippen LogP contribution is -2.45. The van der Waals surface area contributed by atoms with Gasteiger partial charge in [0.2, 0.25) is 5.95 Å². The lowest BCUT2D eigenvalue weighted by Gasteiger charge is -2.32. The van der Waals surface area contributed by atoms with E-state index in [9.17, 15) is 4.79 Å². The maximum atomic E-state index is 13.0. The second-order valence-electron chi connectivity index (χ2n) is 7.76. The number of carbonyl (C=O) groups excluding carboxylic acids is 1. The zero-order valence-electron chi connectivity index (χ0n) is 17.2. The second kappa shape index (κ2) is 8.17. The number of aryl methyl sites for hydroxylation is 1. The first-order valence-corrected chi connectivity index (χ1v) is 10.1. The molecule has 6 heteroatoms. The molecule has 29 heavy (non-hydrogen) atoms. The van der Waals surface area contributed by atoms with Crippen molar-refractivity contribution in [2.24, 2.45) is 0 Å². The predicted octanol–water partition coefficient (Wildman–Crippen LogP) is 3.18. The Kier molecular flexibility index (Phi) is 5.45. The largest absolute Gasteiger partial charge is 0.344 e. The van der Waals surface area contributed by atoms with Crippen LogP contribution in [0.1, 0.15) is 34.6 Å². The number of piperazine rings is 1. The molecule has 0 bridgehead atoms. The standard InChI is InChI=1S/C23H27N5O/c1-16-15-24-23(28-13-11-27(3)12-14-28)26-21(16)22(29)25-17(2)19-10-6-8-18-7-4-5-9-20(18)19/h4-10,15,17H,11-14H2,1-3H3,(H,25,29)/t17-/m1/s1. The van der Waals surface area contributed by atoms with Crippen LogP contribution < -0.4 is 10.2 Å². The SMILES string of the molecule is Cc1cnc(N2CCN(C)CC2)nc1C(=O)N[C@H](C)c1cccc2ccccc12. The highest BCUT2D eigenvalue weighted by Crippen LogP contribution is 2.24. The van der Waals surface area contributed by atoms with Crippen molar-refractivity contribution in [2.75, 3.05) is 38.1 Å². The average Bonchev–Trinajstić information content (AvgIpc) is 2.74. The van der Waals surface area contributed by atoms with E-state index in [1.165, 1.54) is 5.39 Å². The molecule has 0 aliphatic carbocycles. The molecule has 4 rings (SSSR count). The van der Waals surface area contributed by atoms with Crippen molar-refractivity contribution in [3.05, 3.63) is 65.5 Å². The molecule has 0 spiro atoms. The first-order valence-electron chi connectivity index (χ1n) is 10.1. The van der Waals surface area contributed by atoms with Crippen LogP contribution in [0, 0.1) is 6.92 Å². The quantitative estimate of drug-likeness (QED) is 0.743. The van der Waals surface area contributed by atoms with E-state index >= 15 is 0 Å². The Morgan fingerprint density at radius 1 is 1.07 bits per heavy atom. The topological polar surface area (TPSA) is 61.4 Å². The summed E-state index contributed by atoms with van der Waals surface area (Å²) in [6.45, 7) is 7.57. The van der Waals surface area contributed by atoms with Gasteiger partial charge in [-0.1, -0.05) is 42.5 Å². The van der Waals surface area contributed by atoms with Gasteiger partial charge in [-0.3, -0.25) is 4.79 Å². The van der Waals surface area contributed by atoms with Gasteiger partial charge in [0.1, 0.15) is 5.69 Å². The van der Waals surface area contributed by atoms with Gasteiger partial charge in [0, 0.05) is 32.4 Å². The third-order valence-corrected chi connectivity index (χ3v) is 5.60. The Bertz CT molecular complexity index is 1020. The number of aromatic nitrogens is 2. The van der Waals surface area contributed by atoms with E-state index in [4.69, 9.17) is 0 Å². The van der Waals surface area contributed by atoms with Crippen LogP contribution >= 0.6 is 0 Å². The van der Waals surface area contributed by atoms with Crippen LogP contribution in [0.4, 0.5) is 5.95 Å². The minimum absolute atomic E-state index is 0.130. The summed E-state index contributed by atoms with van der Waals surface area (Å²) in [5.41, 5.74) is 2.33. The molecule has 2 heterocycles. The first-order chi connectivity index (χ1) is 14.0. The summed E-state index contributed by atoms with van der Waals surface area (Å²) in [6, 6.07) is 14.3. The number of carbonyl (C=O) groups is 1. The summed E-state index contributed by atoms with van der Waals surface area (Å²) < 4.78 is 0. The normalized spacial score (nSPS) is 16.0. The zero-order chi connectivity index (χ0) is 20.4. The Morgan fingerprint density at radius 3 is 2.59 bits per heavy atom. The van der Waals surface area contributed by atoms with Crippen molar-refractivity contribution in [1.29, 1.82) is 0 Å². The molecule has 0 saturated carbocycles. The van der Waals surface area contributed by atoms with E-state index in [1.54, 1.807) is 6.20 Å². The molecular formula is C23H27N5O. The number of anilines is 1. The van der Waals surface area contributed by atoms with Crippen molar-refractivity contribution in [1.82, 2.24) is 20.2 Å². The van der Waals surface area contributed by atoms with E-state index in [0.29, 0.717) is 11.6 Å².